The van der Waals surface area contributed by atoms with E-state index in [-0.39, 0.29) is 24.3 Å². The highest BCUT2D eigenvalue weighted by Crippen LogP contribution is 2.39. The molecule has 1 amide bonds. The number of nitrogens with zero attached hydrogens (tertiary/aromatic N) is 4. The van der Waals surface area contributed by atoms with Crippen molar-refractivity contribution in [3.05, 3.63) is 48.5 Å². The van der Waals surface area contributed by atoms with Crippen LogP contribution in [-0.2, 0) is 19.0 Å². The maximum absolute atomic E-state index is 12.6. The Kier molecular flexibility index (Phi) is 5.54. The highest BCUT2D eigenvalue weighted by atomic mass is 16.6. The Labute approximate surface area is 195 Å². The highest BCUT2D eigenvalue weighted by molar-refractivity contribution is 6.06. The molecule has 1 aromatic carbocycles. The van der Waals surface area contributed by atoms with E-state index in [0.29, 0.717) is 16.7 Å². The van der Waals surface area contributed by atoms with E-state index in [1.165, 1.54) is 12.7 Å². The number of ether oxygens (including phenoxy) is 3. The number of amides is 1. The fraction of sp³-hybridized carbons (Fsp3) is 0.435. The standard InChI is InChI=1S/C23H25N5O6/c1-23(2,3)22(31)33-13-9-32-17-15(29)21(34-16(13)17)28-11-26-14-18(24-10-25-19(14)28)27-20(30)12-7-5-4-6-8-12/h4-8,10-11,13,15-17,21,29H,9H2,1-3H3,(H,24,25,27,30)/t13-,15-,16-,17-,21-/m1/s1. The van der Waals surface area contributed by atoms with Crippen molar-refractivity contribution < 1.29 is 28.9 Å². The van der Waals surface area contributed by atoms with Crippen LogP contribution in [0.25, 0.3) is 11.2 Å². The highest BCUT2D eigenvalue weighted by Gasteiger charge is 2.55. The monoisotopic (exact) mass is 467 g/mol. The van der Waals surface area contributed by atoms with Gasteiger partial charge in [0.05, 0.1) is 18.3 Å². The first-order chi connectivity index (χ1) is 16.2. The summed E-state index contributed by atoms with van der Waals surface area (Å²) >= 11 is 0. The number of aliphatic hydroxyl groups excluding tert-OH is 1. The van der Waals surface area contributed by atoms with Crippen molar-refractivity contribution in [1.29, 1.82) is 0 Å². The van der Waals surface area contributed by atoms with Crippen LogP contribution in [-0.4, -0.2) is 67.5 Å². The maximum Gasteiger partial charge on any atom is 0.311 e. The Morgan fingerprint density at radius 1 is 1.15 bits per heavy atom. The van der Waals surface area contributed by atoms with Gasteiger partial charge in [-0.3, -0.25) is 14.2 Å². The van der Waals surface area contributed by atoms with Gasteiger partial charge in [0.25, 0.3) is 5.91 Å². The lowest BCUT2D eigenvalue weighted by Gasteiger charge is -2.23. The summed E-state index contributed by atoms with van der Waals surface area (Å²) in [6.07, 6.45) is -1.10. The second-order valence-electron chi connectivity index (χ2n) is 9.34. The van der Waals surface area contributed by atoms with Crippen LogP contribution >= 0.6 is 0 Å². The van der Waals surface area contributed by atoms with Crippen molar-refractivity contribution in [1.82, 2.24) is 19.5 Å². The molecular formula is C23H25N5O6. The minimum absolute atomic E-state index is 0.142. The molecule has 5 rings (SSSR count). The Balaban J connectivity index is 1.37. The van der Waals surface area contributed by atoms with E-state index >= 15 is 0 Å². The SMILES string of the molecule is CC(C)(C)C(=O)O[C@@H]1CO[C@@H]2[C@@H](O)[C@H](n3cnc4c(NC(=O)c5ccccc5)ncnc43)O[C@@H]21. The molecule has 2 aliphatic heterocycles. The van der Waals surface area contributed by atoms with Crippen molar-refractivity contribution in [2.45, 2.75) is 51.4 Å². The molecule has 2 saturated heterocycles. The van der Waals surface area contributed by atoms with Crippen LogP contribution < -0.4 is 5.32 Å². The number of benzene rings is 1. The molecule has 2 aromatic heterocycles. The number of rotatable bonds is 4. The number of nitrogens with one attached hydrogen (secondary N) is 1. The molecule has 2 fully saturated rings. The van der Waals surface area contributed by atoms with Crippen LogP contribution in [0.5, 0.6) is 0 Å². The smallest absolute Gasteiger partial charge is 0.311 e. The van der Waals surface area contributed by atoms with Gasteiger partial charge in [0, 0.05) is 5.56 Å². The third-order valence-electron chi connectivity index (χ3n) is 5.84. The second-order valence-corrected chi connectivity index (χ2v) is 9.34. The number of hydrogen-bond donors (Lipinski definition) is 2. The Morgan fingerprint density at radius 3 is 2.65 bits per heavy atom. The van der Waals surface area contributed by atoms with Crippen molar-refractivity contribution in [2.24, 2.45) is 5.41 Å². The number of imidazole rings is 1. The van der Waals surface area contributed by atoms with Gasteiger partial charge >= 0.3 is 5.97 Å². The van der Waals surface area contributed by atoms with Gasteiger partial charge in [0.2, 0.25) is 0 Å². The summed E-state index contributed by atoms with van der Waals surface area (Å²) in [5.74, 6) is -0.472. The predicted molar refractivity (Wildman–Crippen MR) is 119 cm³/mol. The number of aliphatic hydroxyl groups is 1. The topological polar surface area (TPSA) is 138 Å². The minimum Gasteiger partial charge on any atom is -0.457 e. The zero-order valence-electron chi connectivity index (χ0n) is 18.9. The van der Waals surface area contributed by atoms with Gasteiger partial charge in [-0.15, -0.1) is 0 Å². The minimum atomic E-state index is -1.04. The summed E-state index contributed by atoms with van der Waals surface area (Å²) in [5, 5.41) is 13.7. The van der Waals surface area contributed by atoms with Crippen molar-refractivity contribution >= 4 is 28.9 Å². The molecule has 0 spiro atoms. The fourth-order valence-electron chi connectivity index (χ4n) is 4.01. The van der Waals surface area contributed by atoms with Gasteiger partial charge in [0.1, 0.15) is 24.6 Å². The molecule has 0 saturated carbocycles. The number of anilines is 1. The number of esters is 1. The van der Waals surface area contributed by atoms with Gasteiger partial charge < -0.3 is 24.6 Å². The second kappa shape index (κ2) is 8.42. The summed E-state index contributed by atoms with van der Waals surface area (Å²) in [5.41, 5.74) is 0.512. The maximum atomic E-state index is 12.6. The quantitative estimate of drug-likeness (QED) is 0.549. The molecule has 11 nitrogen and oxygen atoms in total. The van der Waals surface area contributed by atoms with E-state index in [9.17, 15) is 14.7 Å². The molecular weight excluding hydrogens is 442 g/mol. The first-order valence-corrected chi connectivity index (χ1v) is 10.9. The van der Waals surface area contributed by atoms with Gasteiger partial charge in [-0.2, -0.15) is 0 Å². The summed E-state index contributed by atoms with van der Waals surface area (Å²) in [7, 11) is 0. The van der Waals surface area contributed by atoms with Crippen LogP contribution in [0.3, 0.4) is 0 Å². The molecule has 0 aliphatic carbocycles. The molecule has 2 N–H and O–H groups in total. The Bertz CT molecular complexity index is 1220. The molecule has 11 heteroatoms. The zero-order valence-corrected chi connectivity index (χ0v) is 18.9. The van der Waals surface area contributed by atoms with Crippen molar-refractivity contribution in [3.63, 3.8) is 0 Å². The van der Waals surface area contributed by atoms with Gasteiger partial charge in [0.15, 0.2) is 29.3 Å². The molecule has 0 bridgehead atoms. The van der Waals surface area contributed by atoms with E-state index in [1.807, 2.05) is 6.07 Å². The first-order valence-electron chi connectivity index (χ1n) is 10.9. The van der Waals surface area contributed by atoms with E-state index in [1.54, 1.807) is 49.6 Å². The van der Waals surface area contributed by atoms with Crippen molar-refractivity contribution in [2.75, 3.05) is 11.9 Å². The van der Waals surface area contributed by atoms with Crippen LogP contribution in [0.4, 0.5) is 5.82 Å². The lowest BCUT2D eigenvalue weighted by molar-refractivity contribution is -0.166. The molecule has 0 radical (unpaired) electrons. The number of carbonyl (C=O) groups excluding carboxylic acids is 2. The molecule has 178 valence electrons. The van der Waals surface area contributed by atoms with Crippen LogP contribution in [0.1, 0.15) is 37.4 Å². The first kappa shape index (κ1) is 22.4. The zero-order chi connectivity index (χ0) is 24.0. The molecule has 3 aromatic rings. The van der Waals surface area contributed by atoms with E-state index in [4.69, 9.17) is 14.2 Å². The molecule has 4 heterocycles. The third kappa shape index (κ3) is 3.91. The number of hydrogen-bond acceptors (Lipinski definition) is 9. The normalized spacial score (nSPS) is 26.4. The fourth-order valence-corrected chi connectivity index (χ4v) is 4.01. The molecule has 5 atom stereocenters. The number of carbonyl (C=O) groups is 2. The predicted octanol–water partition coefficient (Wildman–Crippen LogP) is 1.69. The van der Waals surface area contributed by atoms with Gasteiger partial charge in [-0.1, -0.05) is 18.2 Å². The number of fused-ring (bicyclic) bond motifs is 2. The van der Waals surface area contributed by atoms with E-state index < -0.39 is 36.1 Å². The van der Waals surface area contributed by atoms with E-state index in [2.05, 4.69) is 20.3 Å². The average molecular weight is 467 g/mol. The van der Waals surface area contributed by atoms with E-state index in [0.717, 1.165) is 0 Å². The largest absolute Gasteiger partial charge is 0.457 e. The molecule has 2 aliphatic rings. The van der Waals surface area contributed by atoms with Crippen molar-refractivity contribution in [3.8, 4) is 0 Å². The lowest BCUT2D eigenvalue weighted by Crippen LogP contribution is -2.37. The summed E-state index contributed by atoms with van der Waals surface area (Å²) < 4.78 is 19.0. The molecule has 34 heavy (non-hydrogen) atoms. The van der Waals surface area contributed by atoms with Gasteiger partial charge in [-0.05, 0) is 32.9 Å². The summed E-state index contributed by atoms with van der Waals surface area (Å²) in [6, 6.07) is 8.74. The molecule has 0 unspecified atom stereocenters. The van der Waals surface area contributed by atoms with Gasteiger partial charge in [-0.25, -0.2) is 15.0 Å². The number of aromatic nitrogens is 4. The summed E-state index contributed by atoms with van der Waals surface area (Å²) in [4.78, 5) is 37.7. The Morgan fingerprint density at radius 2 is 1.91 bits per heavy atom. The lowest BCUT2D eigenvalue weighted by atomic mass is 9.97. The summed E-state index contributed by atoms with van der Waals surface area (Å²) in [6.45, 7) is 5.44. The third-order valence-corrected chi connectivity index (χ3v) is 5.84. The Hall–Kier alpha value is -3.41. The van der Waals surface area contributed by atoms with Crippen LogP contribution in [0, 0.1) is 5.41 Å². The van der Waals surface area contributed by atoms with Crippen LogP contribution in [0.2, 0.25) is 0 Å². The van der Waals surface area contributed by atoms with Crippen LogP contribution in [0.15, 0.2) is 43.0 Å². The average Bonchev–Trinajstić information content (AvgIpc) is 3.49.